The van der Waals surface area contributed by atoms with Crippen molar-refractivity contribution in [2.75, 3.05) is 6.61 Å². The zero-order valence-corrected chi connectivity index (χ0v) is 18.8. The summed E-state index contributed by atoms with van der Waals surface area (Å²) in [5.41, 5.74) is 6.81. The molecule has 1 heterocycles. The summed E-state index contributed by atoms with van der Waals surface area (Å²) in [6.45, 7) is 4.83. The molecule has 3 aromatic rings. The van der Waals surface area contributed by atoms with Crippen LogP contribution in [0.2, 0.25) is 0 Å². The SMILES string of the molecule is CC(C)(C)C(OC(N)=O)c1cc(-c2ccc(OC(F)(F)F)cc2)c2ncccc2c1C(O)CO. The Morgan fingerprint density at radius 2 is 1.79 bits per heavy atom. The third kappa shape index (κ3) is 5.57. The quantitative estimate of drug-likeness (QED) is 0.459. The molecule has 0 aliphatic heterocycles. The van der Waals surface area contributed by atoms with E-state index >= 15 is 0 Å². The van der Waals surface area contributed by atoms with Crippen LogP contribution in [0.3, 0.4) is 0 Å². The van der Waals surface area contributed by atoms with Crippen LogP contribution in [0.25, 0.3) is 22.0 Å². The van der Waals surface area contributed by atoms with Gasteiger partial charge in [-0.1, -0.05) is 39.0 Å². The molecule has 34 heavy (non-hydrogen) atoms. The summed E-state index contributed by atoms with van der Waals surface area (Å²) in [4.78, 5) is 16.1. The molecule has 2 atom stereocenters. The first-order valence-electron chi connectivity index (χ1n) is 10.3. The summed E-state index contributed by atoms with van der Waals surface area (Å²) in [5.74, 6) is -0.384. The van der Waals surface area contributed by atoms with E-state index in [0.717, 1.165) is 0 Å². The molecule has 0 spiro atoms. The zero-order chi connectivity index (χ0) is 25.3. The summed E-state index contributed by atoms with van der Waals surface area (Å²) in [6, 6.07) is 10.2. The van der Waals surface area contributed by atoms with Gasteiger partial charge in [0.25, 0.3) is 0 Å². The number of benzene rings is 2. The highest BCUT2D eigenvalue weighted by Gasteiger charge is 2.35. The normalized spacial score (nSPS) is 14.0. The van der Waals surface area contributed by atoms with Gasteiger partial charge in [0.15, 0.2) is 0 Å². The Bertz CT molecular complexity index is 1170. The predicted molar refractivity (Wildman–Crippen MR) is 119 cm³/mol. The minimum atomic E-state index is -4.82. The van der Waals surface area contributed by atoms with E-state index in [1.165, 1.54) is 30.5 Å². The molecular formula is C24H25F3N2O5. The highest BCUT2D eigenvalue weighted by Crippen LogP contribution is 2.44. The van der Waals surface area contributed by atoms with E-state index in [1.807, 2.05) is 20.8 Å². The molecule has 1 amide bonds. The number of hydrogen-bond donors (Lipinski definition) is 3. The number of halogens is 3. The maximum atomic E-state index is 12.6. The Labute approximate surface area is 193 Å². The van der Waals surface area contributed by atoms with Gasteiger partial charge >= 0.3 is 12.5 Å². The van der Waals surface area contributed by atoms with Gasteiger partial charge in [-0.15, -0.1) is 13.2 Å². The number of primary amides is 1. The lowest BCUT2D eigenvalue weighted by atomic mass is 9.79. The second-order valence-corrected chi connectivity index (χ2v) is 8.78. The summed E-state index contributed by atoms with van der Waals surface area (Å²) >= 11 is 0. The number of ether oxygens (including phenoxy) is 2. The van der Waals surface area contributed by atoms with Crippen molar-refractivity contribution < 1.29 is 37.7 Å². The average Bonchev–Trinajstić information content (AvgIpc) is 2.74. The lowest BCUT2D eigenvalue weighted by molar-refractivity contribution is -0.274. The number of aromatic nitrogens is 1. The Morgan fingerprint density at radius 1 is 1.15 bits per heavy atom. The number of amides is 1. The van der Waals surface area contributed by atoms with Crippen molar-refractivity contribution in [2.24, 2.45) is 11.1 Å². The minimum Gasteiger partial charge on any atom is -0.441 e. The first kappa shape index (κ1) is 25.3. The van der Waals surface area contributed by atoms with Crippen LogP contribution in [0, 0.1) is 5.41 Å². The second-order valence-electron chi connectivity index (χ2n) is 8.78. The van der Waals surface area contributed by atoms with Crippen molar-refractivity contribution in [1.29, 1.82) is 0 Å². The highest BCUT2D eigenvalue weighted by atomic mass is 19.4. The van der Waals surface area contributed by atoms with Gasteiger partial charge in [0.05, 0.1) is 12.1 Å². The molecule has 0 aliphatic carbocycles. The Balaban J connectivity index is 2.31. The third-order valence-electron chi connectivity index (χ3n) is 5.17. The molecule has 0 fully saturated rings. The first-order valence-corrected chi connectivity index (χ1v) is 10.3. The summed E-state index contributed by atoms with van der Waals surface area (Å²) in [7, 11) is 0. The fourth-order valence-corrected chi connectivity index (χ4v) is 3.85. The van der Waals surface area contributed by atoms with E-state index in [1.54, 1.807) is 18.2 Å². The molecule has 0 aliphatic rings. The van der Waals surface area contributed by atoms with Crippen molar-refractivity contribution in [3.63, 3.8) is 0 Å². The van der Waals surface area contributed by atoms with Crippen LogP contribution in [0.1, 0.15) is 44.1 Å². The molecule has 0 radical (unpaired) electrons. The maximum Gasteiger partial charge on any atom is 0.573 e. The number of fused-ring (bicyclic) bond motifs is 1. The van der Waals surface area contributed by atoms with E-state index in [-0.39, 0.29) is 5.75 Å². The lowest BCUT2D eigenvalue weighted by Gasteiger charge is -2.33. The topological polar surface area (TPSA) is 115 Å². The van der Waals surface area contributed by atoms with Crippen LogP contribution in [0.4, 0.5) is 18.0 Å². The van der Waals surface area contributed by atoms with Gasteiger partial charge in [-0.05, 0) is 35.4 Å². The Kier molecular flexibility index (Phi) is 7.04. The molecule has 0 bridgehead atoms. The van der Waals surface area contributed by atoms with E-state index in [2.05, 4.69) is 9.72 Å². The molecule has 1 aromatic heterocycles. The molecule has 7 nitrogen and oxygen atoms in total. The van der Waals surface area contributed by atoms with Crippen molar-refractivity contribution in [3.05, 3.63) is 59.8 Å². The molecule has 2 unspecified atom stereocenters. The Hall–Kier alpha value is -3.37. The Morgan fingerprint density at radius 3 is 2.32 bits per heavy atom. The van der Waals surface area contributed by atoms with Crippen LogP contribution in [0.5, 0.6) is 5.75 Å². The molecule has 2 aromatic carbocycles. The van der Waals surface area contributed by atoms with E-state index in [9.17, 15) is 28.2 Å². The largest absolute Gasteiger partial charge is 0.573 e. The number of pyridine rings is 1. The lowest BCUT2D eigenvalue weighted by Crippen LogP contribution is -2.28. The smallest absolute Gasteiger partial charge is 0.441 e. The van der Waals surface area contributed by atoms with Gasteiger partial charge in [-0.2, -0.15) is 0 Å². The van der Waals surface area contributed by atoms with Crippen molar-refractivity contribution in [1.82, 2.24) is 4.98 Å². The molecule has 10 heteroatoms. The third-order valence-corrected chi connectivity index (χ3v) is 5.17. The van der Waals surface area contributed by atoms with Crippen molar-refractivity contribution in [3.8, 4) is 16.9 Å². The number of aliphatic hydroxyl groups excluding tert-OH is 2. The first-order chi connectivity index (χ1) is 15.8. The number of nitrogens with two attached hydrogens (primary N) is 1. The van der Waals surface area contributed by atoms with E-state index < -0.39 is 36.7 Å². The number of carbonyl (C=O) groups excluding carboxylic acids is 1. The van der Waals surface area contributed by atoms with Gasteiger partial charge in [-0.25, -0.2) is 4.79 Å². The number of rotatable bonds is 6. The maximum absolute atomic E-state index is 12.6. The van der Waals surface area contributed by atoms with Gasteiger partial charge in [0.2, 0.25) is 0 Å². The highest BCUT2D eigenvalue weighted by molar-refractivity contribution is 5.97. The van der Waals surface area contributed by atoms with Crippen LogP contribution in [-0.4, -0.2) is 34.3 Å². The minimum absolute atomic E-state index is 0.313. The van der Waals surface area contributed by atoms with Gasteiger partial charge in [-0.3, -0.25) is 4.98 Å². The van der Waals surface area contributed by atoms with Crippen LogP contribution < -0.4 is 10.5 Å². The summed E-state index contributed by atoms with van der Waals surface area (Å²) < 4.78 is 47.0. The molecule has 0 saturated carbocycles. The average molecular weight is 478 g/mol. The summed E-state index contributed by atoms with van der Waals surface area (Å²) in [5, 5.41) is 20.9. The zero-order valence-electron chi connectivity index (χ0n) is 18.8. The number of hydrogen-bond acceptors (Lipinski definition) is 6. The predicted octanol–water partition coefficient (Wildman–Crippen LogP) is 5.01. The van der Waals surface area contributed by atoms with Crippen LogP contribution in [0.15, 0.2) is 48.7 Å². The van der Waals surface area contributed by atoms with Crippen LogP contribution >= 0.6 is 0 Å². The summed E-state index contributed by atoms with van der Waals surface area (Å²) in [6.07, 6.45) is -6.55. The van der Waals surface area contributed by atoms with Gasteiger partial charge in [0.1, 0.15) is 18.0 Å². The van der Waals surface area contributed by atoms with E-state index in [4.69, 9.17) is 10.5 Å². The molecule has 182 valence electrons. The molecule has 4 N–H and O–H groups in total. The molecular weight excluding hydrogens is 453 g/mol. The van der Waals surface area contributed by atoms with Gasteiger partial charge in [0, 0.05) is 28.1 Å². The fraction of sp³-hybridized carbons (Fsp3) is 0.333. The molecule has 0 saturated heterocycles. The van der Waals surface area contributed by atoms with Crippen molar-refractivity contribution in [2.45, 2.75) is 39.3 Å². The van der Waals surface area contributed by atoms with Crippen molar-refractivity contribution >= 4 is 17.0 Å². The standard InChI is InChI=1S/C24H25F3N2O5/c1-23(2,3)21(33-22(28)32)17-11-16(13-6-8-14(9-7-13)34-24(25,26)27)20-15(5-4-10-29-20)19(17)18(31)12-30/h4-11,18,21,30-31H,12H2,1-3H3,(H2,28,32). The van der Waals surface area contributed by atoms with Crippen LogP contribution in [-0.2, 0) is 4.74 Å². The number of aliphatic hydroxyl groups is 2. The fourth-order valence-electron chi connectivity index (χ4n) is 3.85. The van der Waals surface area contributed by atoms with E-state index in [0.29, 0.717) is 33.2 Å². The van der Waals surface area contributed by atoms with Gasteiger partial charge < -0.3 is 25.4 Å². The monoisotopic (exact) mass is 478 g/mol. The number of alkyl halides is 3. The molecule has 3 rings (SSSR count). The number of carbonyl (C=O) groups is 1. The second kappa shape index (κ2) is 9.47. The number of nitrogens with zero attached hydrogens (tertiary/aromatic N) is 1.